The highest BCUT2D eigenvalue weighted by molar-refractivity contribution is 9.10. The predicted octanol–water partition coefficient (Wildman–Crippen LogP) is 3.55. The van der Waals surface area contributed by atoms with Crippen LogP contribution in [0, 0.1) is 11.6 Å². The predicted molar refractivity (Wildman–Crippen MR) is 77.4 cm³/mol. The van der Waals surface area contributed by atoms with Gasteiger partial charge in [0.1, 0.15) is 5.82 Å². The first-order valence-electron chi connectivity index (χ1n) is 6.40. The van der Waals surface area contributed by atoms with E-state index in [-0.39, 0.29) is 10.5 Å². The van der Waals surface area contributed by atoms with Crippen molar-refractivity contribution in [3.8, 4) is 0 Å². The van der Waals surface area contributed by atoms with Crippen LogP contribution in [0.1, 0.15) is 30.8 Å². The molecule has 0 aliphatic heterocycles. The van der Waals surface area contributed by atoms with Gasteiger partial charge in [-0.3, -0.25) is 0 Å². The lowest BCUT2D eigenvalue weighted by Crippen LogP contribution is -2.26. The summed E-state index contributed by atoms with van der Waals surface area (Å²) in [7, 11) is 1.87. The first kappa shape index (κ1) is 15.1. The second-order valence-corrected chi connectivity index (χ2v) is 5.34. The molecule has 108 valence electrons. The Morgan fingerprint density at radius 3 is 2.75 bits per heavy atom. The molecular weight excluding hydrogens is 328 g/mol. The van der Waals surface area contributed by atoms with Crippen LogP contribution >= 0.6 is 15.9 Å². The van der Waals surface area contributed by atoms with Crippen LogP contribution in [0.3, 0.4) is 0 Å². The van der Waals surface area contributed by atoms with E-state index in [0.29, 0.717) is 5.56 Å². The van der Waals surface area contributed by atoms with E-state index in [4.69, 9.17) is 0 Å². The topological polar surface area (TPSA) is 29.9 Å². The lowest BCUT2D eigenvalue weighted by atomic mass is 10.1. The van der Waals surface area contributed by atoms with Crippen molar-refractivity contribution in [1.82, 2.24) is 14.9 Å². The van der Waals surface area contributed by atoms with Gasteiger partial charge in [0.2, 0.25) is 0 Å². The molecular formula is C14H16BrF2N3. The van der Waals surface area contributed by atoms with Crippen molar-refractivity contribution in [2.24, 2.45) is 7.05 Å². The Labute approximate surface area is 125 Å². The molecule has 1 aromatic carbocycles. The van der Waals surface area contributed by atoms with Crippen LogP contribution in [0.4, 0.5) is 8.78 Å². The summed E-state index contributed by atoms with van der Waals surface area (Å²) in [5.41, 5.74) is 0.631. The van der Waals surface area contributed by atoms with Crippen LogP contribution in [0.5, 0.6) is 0 Å². The first-order valence-corrected chi connectivity index (χ1v) is 7.19. The van der Waals surface area contributed by atoms with Crippen molar-refractivity contribution < 1.29 is 8.78 Å². The Kier molecular flexibility index (Phi) is 4.88. The fourth-order valence-electron chi connectivity index (χ4n) is 2.05. The van der Waals surface area contributed by atoms with Gasteiger partial charge >= 0.3 is 0 Å². The maximum absolute atomic E-state index is 13.7. The van der Waals surface area contributed by atoms with Gasteiger partial charge in [-0.05, 0) is 40.5 Å². The van der Waals surface area contributed by atoms with E-state index in [1.165, 1.54) is 0 Å². The molecule has 0 aliphatic carbocycles. The molecule has 0 amide bonds. The molecule has 2 aromatic rings. The maximum atomic E-state index is 13.7. The Bertz CT molecular complexity index is 598. The molecule has 0 bridgehead atoms. The minimum absolute atomic E-state index is 0.133. The molecule has 1 unspecified atom stereocenters. The summed E-state index contributed by atoms with van der Waals surface area (Å²) in [5, 5.41) is 3.31. The van der Waals surface area contributed by atoms with Gasteiger partial charge in [0, 0.05) is 19.4 Å². The summed E-state index contributed by atoms with van der Waals surface area (Å²) in [4.78, 5) is 4.30. The molecule has 1 heterocycles. The fourth-order valence-corrected chi connectivity index (χ4v) is 2.60. The van der Waals surface area contributed by atoms with Gasteiger partial charge < -0.3 is 9.88 Å². The van der Waals surface area contributed by atoms with E-state index in [9.17, 15) is 8.78 Å². The summed E-state index contributed by atoms with van der Waals surface area (Å²) < 4.78 is 29.0. The van der Waals surface area contributed by atoms with Gasteiger partial charge in [-0.25, -0.2) is 13.8 Å². The number of hydrogen-bond donors (Lipinski definition) is 1. The zero-order chi connectivity index (χ0) is 14.7. The van der Waals surface area contributed by atoms with Crippen LogP contribution in [-0.4, -0.2) is 16.1 Å². The van der Waals surface area contributed by atoms with Crippen LogP contribution in [0.15, 0.2) is 29.0 Å². The third-order valence-electron chi connectivity index (χ3n) is 3.09. The van der Waals surface area contributed by atoms with E-state index >= 15 is 0 Å². The molecule has 0 saturated heterocycles. The minimum atomic E-state index is -0.875. The second kappa shape index (κ2) is 6.45. The van der Waals surface area contributed by atoms with E-state index in [1.807, 2.05) is 24.7 Å². The minimum Gasteiger partial charge on any atom is -0.336 e. The number of aromatic nitrogens is 2. The van der Waals surface area contributed by atoms with E-state index in [0.717, 1.165) is 24.9 Å². The third kappa shape index (κ3) is 2.91. The summed E-state index contributed by atoms with van der Waals surface area (Å²) in [5.74, 6) is -0.986. The number of halogens is 3. The number of rotatable bonds is 5. The monoisotopic (exact) mass is 343 g/mol. The molecule has 20 heavy (non-hydrogen) atoms. The van der Waals surface area contributed by atoms with Crippen molar-refractivity contribution >= 4 is 15.9 Å². The van der Waals surface area contributed by atoms with Crippen molar-refractivity contribution in [1.29, 1.82) is 0 Å². The van der Waals surface area contributed by atoms with Gasteiger partial charge in [0.05, 0.1) is 10.5 Å². The molecule has 0 aliphatic rings. The summed E-state index contributed by atoms with van der Waals surface area (Å²) in [6.07, 6.45) is 4.44. The number of nitrogens with zero attached hydrogens (tertiary/aromatic N) is 2. The number of nitrogens with one attached hydrogen (secondary N) is 1. The molecule has 6 heteroatoms. The summed E-state index contributed by atoms with van der Waals surface area (Å²) >= 11 is 3.14. The van der Waals surface area contributed by atoms with E-state index < -0.39 is 11.6 Å². The largest absolute Gasteiger partial charge is 0.336 e. The van der Waals surface area contributed by atoms with Crippen molar-refractivity contribution in [3.05, 3.63) is 52.0 Å². The number of benzene rings is 1. The summed E-state index contributed by atoms with van der Waals surface area (Å²) in [6, 6.07) is 2.42. The van der Waals surface area contributed by atoms with Crippen LogP contribution < -0.4 is 5.32 Å². The second-order valence-electron chi connectivity index (χ2n) is 4.55. The van der Waals surface area contributed by atoms with Crippen molar-refractivity contribution in [3.63, 3.8) is 0 Å². The quantitative estimate of drug-likeness (QED) is 0.841. The van der Waals surface area contributed by atoms with Crippen LogP contribution in [-0.2, 0) is 7.05 Å². The Balaban J connectivity index is 2.47. The van der Waals surface area contributed by atoms with Crippen molar-refractivity contribution in [2.45, 2.75) is 19.4 Å². The molecule has 0 fully saturated rings. The van der Waals surface area contributed by atoms with Crippen molar-refractivity contribution in [2.75, 3.05) is 6.54 Å². The fraction of sp³-hybridized carbons (Fsp3) is 0.357. The van der Waals surface area contributed by atoms with E-state index in [1.54, 1.807) is 12.3 Å². The zero-order valence-corrected chi connectivity index (χ0v) is 12.9. The molecule has 0 radical (unpaired) electrons. The first-order chi connectivity index (χ1) is 9.56. The molecule has 0 spiro atoms. The third-order valence-corrected chi connectivity index (χ3v) is 3.90. The highest BCUT2D eigenvalue weighted by Crippen LogP contribution is 2.31. The average Bonchev–Trinajstić information content (AvgIpc) is 2.85. The lowest BCUT2D eigenvalue weighted by Gasteiger charge is -2.20. The van der Waals surface area contributed by atoms with E-state index in [2.05, 4.69) is 26.2 Å². The number of hydrogen-bond acceptors (Lipinski definition) is 2. The van der Waals surface area contributed by atoms with Crippen LogP contribution in [0.25, 0.3) is 0 Å². The Morgan fingerprint density at radius 1 is 1.40 bits per heavy atom. The van der Waals surface area contributed by atoms with Gasteiger partial charge in [-0.15, -0.1) is 0 Å². The molecule has 3 nitrogen and oxygen atoms in total. The van der Waals surface area contributed by atoms with Gasteiger partial charge in [0.15, 0.2) is 11.6 Å². The molecule has 2 rings (SSSR count). The lowest BCUT2D eigenvalue weighted by molar-refractivity contribution is 0.494. The SMILES string of the molecule is CCCNC(c1ccc(F)c(F)c1Br)c1nccn1C. The summed E-state index contributed by atoms with van der Waals surface area (Å²) in [6.45, 7) is 2.80. The molecule has 1 aromatic heterocycles. The highest BCUT2D eigenvalue weighted by atomic mass is 79.9. The number of aryl methyl sites for hydroxylation is 1. The Morgan fingerprint density at radius 2 is 2.15 bits per heavy atom. The molecule has 1 N–H and O–H groups in total. The standard InChI is InChI=1S/C14H16BrF2N3/c1-3-6-18-13(14-19-7-8-20(14)2)9-4-5-10(16)12(17)11(9)15/h4-5,7-8,13,18H,3,6H2,1-2H3. The average molecular weight is 344 g/mol. The Hall–Kier alpha value is -1.27. The van der Waals surface area contributed by atoms with Crippen LogP contribution in [0.2, 0.25) is 0 Å². The van der Waals surface area contributed by atoms with Gasteiger partial charge in [-0.1, -0.05) is 13.0 Å². The maximum Gasteiger partial charge on any atom is 0.173 e. The molecule has 0 saturated carbocycles. The smallest absolute Gasteiger partial charge is 0.173 e. The molecule has 1 atom stereocenters. The zero-order valence-electron chi connectivity index (χ0n) is 11.3. The number of imidazole rings is 1. The normalized spacial score (nSPS) is 12.7. The van der Waals surface area contributed by atoms with Gasteiger partial charge in [-0.2, -0.15) is 0 Å². The van der Waals surface area contributed by atoms with Gasteiger partial charge in [0.25, 0.3) is 0 Å². The highest BCUT2D eigenvalue weighted by Gasteiger charge is 2.23.